The molecular formula is C16H24N2O3. The summed E-state index contributed by atoms with van der Waals surface area (Å²) in [6.07, 6.45) is 0.0926. The van der Waals surface area contributed by atoms with Crippen molar-refractivity contribution in [1.82, 2.24) is 5.32 Å². The van der Waals surface area contributed by atoms with Crippen LogP contribution in [-0.4, -0.2) is 36.8 Å². The zero-order chi connectivity index (χ0) is 15.4. The molecule has 2 rings (SSSR count). The Morgan fingerprint density at radius 2 is 2.19 bits per heavy atom. The lowest BCUT2D eigenvalue weighted by atomic mass is 10.0. The first-order chi connectivity index (χ1) is 10.0. The van der Waals surface area contributed by atoms with Gasteiger partial charge in [0, 0.05) is 12.6 Å². The largest absolute Gasteiger partial charge is 0.482 e. The van der Waals surface area contributed by atoms with Gasteiger partial charge in [0.2, 0.25) is 0 Å². The second-order valence-electron chi connectivity index (χ2n) is 5.57. The summed E-state index contributed by atoms with van der Waals surface area (Å²) in [7, 11) is 0. The summed E-state index contributed by atoms with van der Waals surface area (Å²) in [6, 6.07) is 5.96. The van der Waals surface area contributed by atoms with Crippen LogP contribution in [0, 0.1) is 0 Å². The van der Waals surface area contributed by atoms with Crippen molar-refractivity contribution in [2.45, 2.75) is 39.3 Å². The molecule has 0 aromatic heterocycles. The number of likely N-dealkylation sites (N-methyl/N-ethyl adjacent to an activating group) is 1. The second-order valence-corrected chi connectivity index (χ2v) is 5.57. The van der Waals surface area contributed by atoms with Crippen molar-refractivity contribution in [3.63, 3.8) is 0 Å². The summed E-state index contributed by atoms with van der Waals surface area (Å²) >= 11 is 0. The highest BCUT2D eigenvalue weighted by molar-refractivity contribution is 5.97. The highest BCUT2D eigenvalue weighted by Gasteiger charge is 2.25. The molecule has 1 heterocycles. The van der Waals surface area contributed by atoms with Crippen molar-refractivity contribution in [2.75, 3.05) is 24.6 Å². The SMILES string of the molecule is CCN1C(=O)COc2ccc(C(O)CCNC(C)C)cc21. The first-order valence-corrected chi connectivity index (χ1v) is 7.51. The summed E-state index contributed by atoms with van der Waals surface area (Å²) in [6.45, 7) is 7.52. The van der Waals surface area contributed by atoms with Gasteiger partial charge in [0.15, 0.2) is 6.61 Å². The number of carbonyl (C=O) groups is 1. The normalized spacial score (nSPS) is 15.9. The molecule has 0 saturated carbocycles. The van der Waals surface area contributed by atoms with Gasteiger partial charge >= 0.3 is 0 Å². The fraction of sp³-hybridized carbons (Fsp3) is 0.562. The highest BCUT2D eigenvalue weighted by Crippen LogP contribution is 2.34. The number of amides is 1. The fourth-order valence-electron chi connectivity index (χ4n) is 2.45. The van der Waals surface area contributed by atoms with Crippen molar-refractivity contribution in [1.29, 1.82) is 0 Å². The minimum Gasteiger partial charge on any atom is -0.482 e. The molecule has 5 nitrogen and oxygen atoms in total. The molecule has 0 saturated heterocycles. The summed E-state index contributed by atoms with van der Waals surface area (Å²) in [5.41, 5.74) is 1.57. The van der Waals surface area contributed by atoms with Crippen LogP contribution in [0.5, 0.6) is 5.75 Å². The van der Waals surface area contributed by atoms with E-state index in [1.54, 1.807) is 4.90 Å². The second kappa shape index (κ2) is 6.91. The first kappa shape index (κ1) is 15.8. The number of fused-ring (bicyclic) bond motifs is 1. The lowest BCUT2D eigenvalue weighted by Crippen LogP contribution is -2.38. The Morgan fingerprint density at radius 3 is 2.86 bits per heavy atom. The zero-order valence-corrected chi connectivity index (χ0v) is 12.9. The molecule has 0 fully saturated rings. The van der Waals surface area contributed by atoms with Crippen LogP contribution >= 0.6 is 0 Å². The number of hydrogen-bond donors (Lipinski definition) is 2. The molecule has 1 aromatic rings. The van der Waals surface area contributed by atoms with Crippen LogP contribution in [-0.2, 0) is 4.79 Å². The lowest BCUT2D eigenvalue weighted by Gasteiger charge is -2.29. The van der Waals surface area contributed by atoms with Crippen LogP contribution < -0.4 is 15.0 Å². The van der Waals surface area contributed by atoms with Crippen molar-refractivity contribution in [3.8, 4) is 5.75 Å². The zero-order valence-electron chi connectivity index (χ0n) is 12.9. The fourth-order valence-corrected chi connectivity index (χ4v) is 2.45. The van der Waals surface area contributed by atoms with Gasteiger partial charge in [-0.3, -0.25) is 4.79 Å². The number of benzene rings is 1. The van der Waals surface area contributed by atoms with Crippen LogP contribution in [0.4, 0.5) is 5.69 Å². The standard InChI is InChI=1S/C16H24N2O3/c1-4-18-13-9-12(14(19)7-8-17-11(2)3)5-6-15(13)21-10-16(18)20/h5-6,9,11,14,17,19H,4,7-8,10H2,1-3H3. The Bertz CT molecular complexity index is 502. The van der Waals surface area contributed by atoms with Crippen LogP contribution in [0.2, 0.25) is 0 Å². The average molecular weight is 292 g/mol. The molecule has 116 valence electrons. The first-order valence-electron chi connectivity index (χ1n) is 7.51. The van der Waals surface area contributed by atoms with Crippen LogP contribution in [0.1, 0.15) is 38.9 Å². The Labute approximate surface area is 125 Å². The van der Waals surface area contributed by atoms with Crippen molar-refractivity contribution >= 4 is 11.6 Å². The Hall–Kier alpha value is -1.59. The number of nitrogens with one attached hydrogen (secondary N) is 1. The molecule has 1 aliphatic rings. The molecule has 1 amide bonds. The van der Waals surface area contributed by atoms with E-state index < -0.39 is 6.10 Å². The van der Waals surface area contributed by atoms with Gasteiger partial charge in [-0.15, -0.1) is 0 Å². The van der Waals surface area contributed by atoms with Crippen LogP contribution in [0.25, 0.3) is 0 Å². The molecule has 0 bridgehead atoms. The third-order valence-electron chi connectivity index (χ3n) is 3.60. The highest BCUT2D eigenvalue weighted by atomic mass is 16.5. The minimum atomic E-state index is -0.544. The molecule has 1 unspecified atom stereocenters. The summed E-state index contributed by atoms with van der Waals surface area (Å²) in [5, 5.41) is 13.6. The predicted molar refractivity (Wildman–Crippen MR) is 82.7 cm³/mol. The maximum atomic E-state index is 11.8. The van der Waals surface area contributed by atoms with Crippen molar-refractivity contribution in [3.05, 3.63) is 23.8 Å². The lowest BCUT2D eigenvalue weighted by molar-refractivity contribution is -0.121. The molecule has 5 heteroatoms. The number of aliphatic hydroxyl groups is 1. The Balaban J connectivity index is 2.12. The van der Waals surface area contributed by atoms with Gasteiger partial charge in [-0.1, -0.05) is 19.9 Å². The number of aliphatic hydroxyl groups excluding tert-OH is 1. The maximum Gasteiger partial charge on any atom is 0.265 e. The van der Waals surface area contributed by atoms with E-state index in [1.807, 2.05) is 25.1 Å². The quantitative estimate of drug-likeness (QED) is 0.840. The smallest absolute Gasteiger partial charge is 0.265 e. The van der Waals surface area contributed by atoms with Crippen LogP contribution in [0.3, 0.4) is 0 Å². The Kier molecular flexibility index (Phi) is 5.20. The summed E-state index contributed by atoms with van der Waals surface area (Å²) in [5.74, 6) is 0.658. The third-order valence-corrected chi connectivity index (χ3v) is 3.60. The van der Waals surface area contributed by atoms with Crippen LogP contribution in [0.15, 0.2) is 18.2 Å². The van der Waals surface area contributed by atoms with Gasteiger partial charge in [-0.25, -0.2) is 0 Å². The van der Waals surface area contributed by atoms with E-state index in [9.17, 15) is 9.90 Å². The number of rotatable bonds is 6. The molecule has 0 radical (unpaired) electrons. The predicted octanol–water partition coefficient (Wildman–Crippen LogP) is 1.85. The molecule has 21 heavy (non-hydrogen) atoms. The Morgan fingerprint density at radius 1 is 1.43 bits per heavy atom. The minimum absolute atomic E-state index is 0.0434. The average Bonchev–Trinajstić information content (AvgIpc) is 2.46. The molecule has 0 aliphatic carbocycles. The molecular weight excluding hydrogens is 268 g/mol. The van der Waals surface area contributed by atoms with E-state index in [0.29, 0.717) is 24.8 Å². The van der Waals surface area contributed by atoms with Gasteiger partial charge in [-0.2, -0.15) is 0 Å². The number of ether oxygens (including phenoxy) is 1. The van der Waals surface area contributed by atoms with E-state index in [2.05, 4.69) is 19.2 Å². The van der Waals surface area contributed by atoms with Gasteiger partial charge in [-0.05, 0) is 37.6 Å². The van der Waals surface area contributed by atoms with E-state index in [0.717, 1.165) is 17.8 Å². The van der Waals surface area contributed by atoms with Gasteiger partial charge < -0.3 is 20.1 Å². The summed E-state index contributed by atoms with van der Waals surface area (Å²) in [4.78, 5) is 13.5. The molecule has 1 aromatic carbocycles. The van der Waals surface area contributed by atoms with Gasteiger partial charge in [0.05, 0.1) is 11.8 Å². The maximum absolute atomic E-state index is 11.8. The van der Waals surface area contributed by atoms with E-state index in [-0.39, 0.29) is 12.5 Å². The van der Waals surface area contributed by atoms with Crippen molar-refractivity contribution in [2.24, 2.45) is 0 Å². The topological polar surface area (TPSA) is 61.8 Å². The number of hydrogen-bond acceptors (Lipinski definition) is 4. The molecule has 0 spiro atoms. The van der Waals surface area contributed by atoms with E-state index in [4.69, 9.17) is 4.74 Å². The van der Waals surface area contributed by atoms with E-state index in [1.165, 1.54) is 0 Å². The molecule has 2 N–H and O–H groups in total. The molecule has 1 atom stereocenters. The van der Waals surface area contributed by atoms with E-state index >= 15 is 0 Å². The van der Waals surface area contributed by atoms with Crippen molar-refractivity contribution < 1.29 is 14.6 Å². The summed E-state index contributed by atoms with van der Waals surface area (Å²) < 4.78 is 5.43. The number of anilines is 1. The van der Waals surface area contributed by atoms with Gasteiger partial charge in [0.25, 0.3) is 5.91 Å². The number of nitrogens with zero attached hydrogens (tertiary/aromatic N) is 1. The number of carbonyl (C=O) groups excluding carboxylic acids is 1. The van der Waals surface area contributed by atoms with Gasteiger partial charge in [0.1, 0.15) is 5.75 Å². The monoisotopic (exact) mass is 292 g/mol. The molecule has 1 aliphatic heterocycles. The third kappa shape index (κ3) is 3.74.